The van der Waals surface area contributed by atoms with Gasteiger partial charge in [-0.05, 0) is 11.4 Å². The lowest BCUT2D eigenvalue weighted by atomic mass is 9.82. The van der Waals surface area contributed by atoms with Crippen LogP contribution in [0.3, 0.4) is 0 Å². The van der Waals surface area contributed by atoms with Gasteiger partial charge in [0.2, 0.25) is 5.91 Å². The van der Waals surface area contributed by atoms with Crippen LogP contribution in [0.2, 0.25) is 0 Å². The highest BCUT2D eigenvalue weighted by atomic mass is 32.1. The summed E-state index contributed by atoms with van der Waals surface area (Å²) in [6.07, 6.45) is -5.08. The molecule has 29 heavy (non-hydrogen) atoms. The molecule has 2 aliphatic heterocycles. The van der Waals surface area contributed by atoms with Crippen molar-refractivity contribution in [1.82, 2.24) is 9.80 Å². The maximum atomic E-state index is 11.6. The molecule has 7 nitrogen and oxygen atoms in total. The number of carboxylic acids is 1. The van der Waals surface area contributed by atoms with Gasteiger partial charge in [0.05, 0.1) is 19.8 Å². The normalized spacial score (nSPS) is 24.0. The van der Waals surface area contributed by atoms with Crippen LogP contribution in [0.15, 0.2) is 17.5 Å². The Labute approximate surface area is 171 Å². The van der Waals surface area contributed by atoms with E-state index in [2.05, 4.69) is 22.4 Å². The number of hydrogen-bond acceptors (Lipinski definition) is 6. The second-order valence-electron chi connectivity index (χ2n) is 7.41. The third kappa shape index (κ3) is 6.66. The predicted molar refractivity (Wildman–Crippen MR) is 99.5 cm³/mol. The summed E-state index contributed by atoms with van der Waals surface area (Å²) in [5, 5.41) is 9.25. The van der Waals surface area contributed by atoms with Gasteiger partial charge in [-0.15, -0.1) is 11.3 Å². The van der Waals surface area contributed by atoms with Gasteiger partial charge in [0, 0.05) is 49.9 Å². The summed E-state index contributed by atoms with van der Waals surface area (Å²) >= 11 is 1.81. The first-order chi connectivity index (χ1) is 13.5. The van der Waals surface area contributed by atoms with Crippen molar-refractivity contribution in [2.24, 2.45) is 11.3 Å². The Hall–Kier alpha value is -1.69. The van der Waals surface area contributed by atoms with Crippen molar-refractivity contribution in [3.05, 3.63) is 22.4 Å². The molecule has 0 bridgehead atoms. The molecule has 0 aromatic carbocycles. The molecular weight excluding hydrogens is 413 g/mol. The van der Waals surface area contributed by atoms with Crippen LogP contribution in [0, 0.1) is 11.3 Å². The number of carboxylic acid groups (broad SMARTS) is 1. The highest BCUT2D eigenvalue weighted by molar-refractivity contribution is 7.09. The first-order valence-electron chi connectivity index (χ1n) is 8.94. The van der Waals surface area contributed by atoms with E-state index in [-0.39, 0.29) is 17.9 Å². The van der Waals surface area contributed by atoms with Gasteiger partial charge in [-0.3, -0.25) is 9.69 Å². The Morgan fingerprint density at radius 1 is 1.45 bits per heavy atom. The van der Waals surface area contributed by atoms with E-state index in [1.165, 1.54) is 4.88 Å². The number of fused-ring (bicyclic) bond motifs is 1. The van der Waals surface area contributed by atoms with E-state index in [9.17, 15) is 18.0 Å². The number of amides is 1. The molecule has 164 valence electrons. The van der Waals surface area contributed by atoms with Gasteiger partial charge in [0.25, 0.3) is 0 Å². The van der Waals surface area contributed by atoms with Gasteiger partial charge < -0.3 is 19.5 Å². The number of alkyl halides is 3. The SMILES string of the molecule is CN(C)C(=O)COC[C@]12COC[C@H]1CN(Cc1cccs1)C2.O=C(O)C(F)(F)F. The Morgan fingerprint density at radius 2 is 2.14 bits per heavy atom. The first-order valence-corrected chi connectivity index (χ1v) is 9.82. The molecule has 0 radical (unpaired) electrons. The molecule has 0 saturated carbocycles. The van der Waals surface area contributed by atoms with Crippen LogP contribution in [0.25, 0.3) is 0 Å². The number of carbonyl (C=O) groups excluding carboxylic acids is 1. The van der Waals surface area contributed by atoms with Crippen LogP contribution < -0.4 is 0 Å². The van der Waals surface area contributed by atoms with Gasteiger partial charge in [0.15, 0.2) is 0 Å². The topological polar surface area (TPSA) is 79.3 Å². The smallest absolute Gasteiger partial charge is 0.475 e. The Balaban J connectivity index is 0.000000370. The molecule has 2 saturated heterocycles. The maximum absolute atomic E-state index is 11.6. The number of carbonyl (C=O) groups is 2. The van der Waals surface area contributed by atoms with Gasteiger partial charge in [-0.2, -0.15) is 13.2 Å². The fraction of sp³-hybridized carbons (Fsp3) is 0.667. The average Bonchev–Trinajstić information content (AvgIpc) is 3.31. The lowest BCUT2D eigenvalue weighted by molar-refractivity contribution is -0.192. The highest BCUT2D eigenvalue weighted by Crippen LogP contribution is 2.42. The molecule has 2 atom stereocenters. The number of ether oxygens (including phenoxy) is 2. The van der Waals surface area contributed by atoms with Crippen molar-refractivity contribution in [2.45, 2.75) is 12.7 Å². The first kappa shape index (κ1) is 23.6. The third-order valence-corrected chi connectivity index (χ3v) is 5.77. The fourth-order valence-electron chi connectivity index (χ4n) is 3.36. The van der Waals surface area contributed by atoms with Crippen molar-refractivity contribution in [1.29, 1.82) is 0 Å². The summed E-state index contributed by atoms with van der Waals surface area (Å²) in [4.78, 5) is 26.0. The molecule has 0 spiro atoms. The second-order valence-corrected chi connectivity index (χ2v) is 8.44. The lowest BCUT2D eigenvalue weighted by Crippen LogP contribution is -2.37. The summed E-state index contributed by atoms with van der Waals surface area (Å²) < 4.78 is 43.2. The molecule has 1 amide bonds. The van der Waals surface area contributed by atoms with Crippen LogP contribution in [0.1, 0.15) is 4.88 Å². The monoisotopic (exact) mass is 438 g/mol. The van der Waals surface area contributed by atoms with E-state index in [0.717, 1.165) is 32.8 Å². The molecule has 1 N–H and O–H groups in total. The van der Waals surface area contributed by atoms with E-state index in [0.29, 0.717) is 12.5 Å². The zero-order valence-corrected chi connectivity index (χ0v) is 17.1. The molecule has 1 aromatic heterocycles. The standard InChI is InChI=1S/C16H24N2O3S.C2HF3O2/c1-17(2)15(19)9-21-12-16-10-18(6-13(16)8-20-11-16)7-14-4-3-5-22-14;3-2(4,5)1(6)7/h3-5,13H,6-12H2,1-2H3;(H,6,7)/t13-,16+;/m1./s1. The number of likely N-dealkylation sites (tertiary alicyclic amines) is 1. The molecule has 11 heteroatoms. The molecular formula is C18H25F3N2O5S. The molecule has 2 fully saturated rings. The molecule has 3 rings (SSSR count). The quantitative estimate of drug-likeness (QED) is 0.731. The third-order valence-electron chi connectivity index (χ3n) is 4.91. The number of aliphatic carboxylic acids is 1. The summed E-state index contributed by atoms with van der Waals surface area (Å²) in [7, 11) is 3.51. The van der Waals surface area contributed by atoms with Crippen molar-refractivity contribution < 1.29 is 37.3 Å². The summed E-state index contributed by atoms with van der Waals surface area (Å²) in [5.74, 6) is -2.23. The zero-order chi connectivity index (χ0) is 21.7. The van der Waals surface area contributed by atoms with E-state index in [1.54, 1.807) is 19.0 Å². The second kappa shape index (κ2) is 9.88. The van der Waals surface area contributed by atoms with Crippen molar-refractivity contribution in [3.8, 4) is 0 Å². The summed E-state index contributed by atoms with van der Waals surface area (Å²) in [6.45, 7) is 5.38. The predicted octanol–water partition coefficient (Wildman–Crippen LogP) is 1.93. The Bertz CT molecular complexity index is 684. The van der Waals surface area contributed by atoms with Crippen LogP contribution in [-0.4, -0.2) is 86.6 Å². The number of halogens is 3. The van der Waals surface area contributed by atoms with Crippen LogP contribution in [0.5, 0.6) is 0 Å². The molecule has 2 aliphatic rings. The fourth-order valence-corrected chi connectivity index (χ4v) is 4.11. The van der Waals surface area contributed by atoms with Gasteiger partial charge >= 0.3 is 12.1 Å². The van der Waals surface area contributed by atoms with Crippen molar-refractivity contribution >= 4 is 23.2 Å². The van der Waals surface area contributed by atoms with Gasteiger partial charge in [-0.1, -0.05) is 6.07 Å². The Morgan fingerprint density at radius 3 is 2.69 bits per heavy atom. The molecule has 1 aromatic rings. The molecule has 3 heterocycles. The average molecular weight is 438 g/mol. The van der Waals surface area contributed by atoms with E-state index in [1.807, 2.05) is 11.3 Å². The molecule has 0 unspecified atom stereocenters. The summed E-state index contributed by atoms with van der Waals surface area (Å²) in [5.41, 5.74) is 0.0594. The highest BCUT2D eigenvalue weighted by Gasteiger charge is 2.50. The van der Waals surface area contributed by atoms with E-state index < -0.39 is 12.1 Å². The van der Waals surface area contributed by atoms with Gasteiger partial charge in [-0.25, -0.2) is 4.79 Å². The van der Waals surface area contributed by atoms with Crippen LogP contribution in [-0.2, 0) is 25.6 Å². The van der Waals surface area contributed by atoms with E-state index >= 15 is 0 Å². The van der Waals surface area contributed by atoms with Crippen LogP contribution >= 0.6 is 11.3 Å². The minimum atomic E-state index is -5.08. The van der Waals surface area contributed by atoms with E-state index in [4.69, 9.17) is 19.4 Å². The van der Waals surface area contributed by atoms with Gasteiger partial charge in [0.1, 0.15) is 6.61 Å². The van der Waals surface area contributed by atoms with Crippen molar-refractivity contribution in [3.63, 3.8) is 0 Å². The minimum absolute atomic E-state index is 0.0142. The molecule has 0 aliphatic carbocycles. The lowest BCUT2D eigenvalue weighted by Gasteiger charge is -2.27. The van der Waals surface area contributed by atoms with Crippen LogP contribution in [0.4, 0.5) is 13.2 Å². The van der Waals surface area contributed by atoms with Crippen molar-refractivity contribution in [2.75, 3.05) is 53.6 Å². The maximum Gasteiger partial charge on any atom is 0.490 e. The number of thiophene rings is 1. The largest absolute Gasteiger partial charge is 0.490 e. The number of hydrogen-bond donors (Lipinski definition) is 1. The summed E-state index contributed by atoms with van der Waals surface area (Å²) in [6, 6.07) is 4.29. The number of rotatable bonds is 6. The minimum Gasteiger partial charge on any atom is -0.475 e. The zero-order valence-electron chi connectivity index (χ0n) is 16.3. The Kier molecular flexibility index (Phi) is 8.03. The number of likely N-dealkylation sites (N-methyl/N-ethyl adjacent to an activating group) is 1. The number of nitrogens with zero attached hydrogens (tertiary/aromatic N) is 2.